The summed E-state index contributed by atoms with van der Waals surface area (Å²) in [4.78, 5) is 18.6. The molecular weight excluding hydrogens is 428 g/mol. The molecule has 6 heteroatoms. The molecule has 160 valence electrons. The first-order chi connectivity index (χ1) is 14.5. The predicted molar refractivity (Wildman–Crippen MR) is 136 cm³/mol. The van der Waals surface area contributed by atoms with Gasteiger partial charge in [0.2, 0.25) is 0 Å². The van der Waals surface area contributed by atoms with Crippen LogP contribution in [0.15, 0.2) is 57.8 Å². The van der Waals surface area contributed by atoms with Gasteiger partial charge in [0, 0.05) is 18.0 Å². The van der Waals surface area contributed by atoms with E-state index in [1.54, 1.807) is 22.7 Å². The maximum Gasteiger partial charge on any atom is 0.266 e. The highest BCUT2D eigenvalue weighted by Crippen LogP contribution is 2.46. The average molecular weight is 459 g/mol. The van der Waals surface area contributed by atoms with Gasteiger partial charge >= 0.3 is 0 Å². The summed E-state index contributed by atoms with van der Waals surface area (Å²) in [6.45, 7) is 9.56. The van der Waals surface area contributed by atoms with Crippen molar-refractivity contribution in [1.29, 1.82) is 0 Å². The molecule has 0 radical (unpaired) electrons. The molecule has 2 aliphatic rings. The van der Waals surface area contributed by atoms with Crippen LogP contribution in [-0.2, 0) is 4.79 Å². The van der Waals surface area contributed by atoms with Crippen LogP contribution in [-0.4, -0.2) is 28.2 Å². The summed E-state index contributed by atoms with van der Waals surface area (Å²) < 4.78 is 0.603. The van der Waals surface area contributed by atoms with E-state index < -0.39 is 0 Å². The zero-order valence-corrected chi connectivity index (χ0v) is 20.3. The number of carbonyl (C=O) groups is 1. The summed E-state index contributed by atoms with van der Waals surface area (Å²) in [5.41, 5.74) is 2.55. The number of hydrogen-bond acceptors (Lipinski definition) is 5. The number of thioether (sulfide) groups is 2. The second-order valence-electron chi connectivity index (χ2n) is 7.60. The van der Waals surface area contributed by atoms with E-state index in [9.17, 15) is 4.79 Å². The van der Waals surface area contributed by atoms with Crippen molar-refractivity contribution in [2.24, 2.45) is 0 Å². The number of rotatable bonds is 10. The van der Waals surface area contributed by atoms with Crippen molar-refractivity contribution in [1.82, 2.24) is 4.90 Å². The van der Waals surface area contributed by atoms with Gasteiger partial charge in [-0.15, -0.1) is 6.58 Å². The Bertz CT molecular complexity index is 875. The molecule has 0 unspecified atom stereocenters. The van der Waals surface area contributed by atoms with Gasteiger partial charge in [-0.2, -0.15) is 0 Å². The van der Waals surface area contributed by atoms with E-state index in [0.29, 0.717) is 15.8 Å². The van der Waals surface area contributed by atoms with Gasteiger partial charge in [-0.1, -0.05) is 86.9 Å². The van der Waals surface area contributed by atoms with Crippen molar-refractivity contribution in [2.45, 2.75) is 57.3 Å². The number of hydrogen-bond donors (Lipinski definition) is 0. The zero-order chi connectivity index (χ0) is 21.5. The van der Waals surface area contributed by atoms with E-state index in [1.807, 2.05) is 6.08 Å². The van der Waals surface area contributed by atoms with Crippen LogP contribution in [0.25, 0.3) is 0 Å². The molecule has 1 aromatic rings. The number of amides is 1. The number of nitrogens with zero attached hydrogens (tertiary/aromatic N) is 2. The number of thiocarbonyl (C=S) groups is 1. The lowest BCUT2D eigenvalue weighted by Gasteiger charge is -2.20. The first-order valence-electron chi connectivity index (χ1n) is 10.7. The van der Waals surface area contributed by atoms with Crippen LogP contribution in [0.1, 0.15) is 51.0 Å². The zero-order valence-electron chi connectivity index (χ0n) is 17.9. The van der Waals surface area contributed by atoms with Crippen LogP contribution < -0.4 is 4.90 Å². The summed E-state index contributed by atoms with van der Waals surface area (Å²) in [7, 11) is 0. The van der Waals surface area contributed by atoms with Crippen LogP contribution in [0.2, 0.25) is 0 Å². The molecule has 2 heterocycles. The SMILES string of the molecule is C=CCN1C(=O)/C(=C\C=C2/Sc3cc(C)ccc3N2CCCCCCCC)SC1=S. The number of unbranched alkanes of at least 4 members (excludes halogenated alkanes) is 5. The van der Waals surface area contributed by atoms with E-state index in [2.05, 4.69) is 49.6 Å². The molecule has 1 amide bonds. The lowest BCUT2D eigenvalue weighted by molar-refractivity contribution is -0.121. The van der Waals surface area contributed by atoms with Crippen molar-refractivity contribution in [3.05, 3.63) is 58.5 Å². The van der Waals surface area contributed by atoms with Crippen molar-refractivity contribution in [2.75, 3.05) is 18.0 Å². The van der Waals surface area contributed by atoms with Crippen LogP contribution >= 0.6 is 35.7 Å². The number of fused-ring (bicyclic) bond motifs is 1. The molecule has 2 aliphatic heterocycles. The summed E-state index contributed by atoms with van der Waals surface area (Å²) >= 11 is 8.50. The third-order valence-electron chi connectivity index (χ3n) is 5.18. The number of aryl methyl sites for hydroxylation is 1. The Labute approximate surface area is 194 Å². The van der Waals surface area contributed by atoms with Gasteiger partial charge in [0.25, 0.3) is 5.91 Å². The maximum atomic E-state index is 12.6. The Hall–Kier alpha value is -1.50. The molecule has 0 N–H and O–H groups in total. The normalized spacial score (nSPS) is 18.7. The van der Waals surface area contributed by atoms with E-state index in [0.717, 1.165) is 6.54 Å². The van der Waals surface area contributed by atoms with Gasteiger partial charge in [-0.05, 0) is 43.2 Å². The van der Waals surface area contributed by atoms with E-state index >= 15 is 0 Å². The van der Waals surface area contributed by atoms with E-state index in [1.165, 1.54) is 71.5 Å². The van der Waals surface area contributed by atoms with Gasteiger partial charge in [-0.3, -0.25) is 9.69 Å². The third kappa shape index (κ3) is 5.59. The van der Waals surface area contributed by atoms with Gasteiger partial charge in [0.15, 0.2) is 0 Å². The number of anilines is 1. The quantitative estimate of drug-likeness (QED) is 0.162. The van der Waals surface area contributed by atoms with Crippen molar-refractivity contribution < 1.29 is 4.79 Å². The van der Waals surface area contributed by atoms with Crippen molar-refractivity contribution in [3.8, 4) is 0 Å². The standard InChI is InChI=1S/C24H30N2OS3/c1-4-6-7-8-9-10-16-25-19-12-11-18(3)17-21(19)29-22(25)14-13-20-23(27)26(15-5-2)24(28)30-20/h5,11-14,17H,2,4,6-10,15-16H2,1,3H3/b20-13+,22-14-. The average Bonchev–Trinajstić information content (AvgIpc) is 3.20. The summed E-state index contributed by atoms with van der Waals surface area (Å²) in [5.74, 6) is -0.0272. The van der Waals surface area contributed by atoms with Gasteiger partial charge < -0.3 is 4.90 Å². The Morgan fingerprint density at radius 3 is 2.60 bits per heavy atom. The first-order valence-corrected chi connectivity index (χ1v) is 12.7. The molecule has 0 saturated carbocycles. The maximum absolute atomic E-state index is 12.6. The predicted octanol–water partition coefficient (Wildman–Crippen LogP) is 7.04. The third-order valence-corrected chi connectivity index (χ3v) is 7.69. The minimum atomic E-state index is -0.0272. The highest BCUT2D eigenvalue weighted by atomic mass is 32.2. The Kier molecular flexibility index (Phi) is 8.66. The fourth-order valence-electron chi connectivity index (χ4n) is 3.57. The topological polar surface area (TPSA) is 23.6 Å². The summed E-state index contributed by atoms with van der Waals surface area (Å²) in [6, 6.07) is 6.65. The lowest BCUT2D eigenvalue weighted by atomic mass is 10.1. The van der Waals surface area contributed by atoms with Gasteiger partial charge in [0.1, 0.15) is 4.32 Å². The van der Waals surface area contributed by atoms with Crippen LogP contribution in [0.3, 0.4) is 0 Å². The van der Waals surface area contributed by atoms with Crippen LogP contribution in [0.4, 0.5) is 5.69 Å². The smallest absolute Gasteiger partial charge is 0.266 e. The van der Waals surface area contributed by atoms with Gasteiger partial charge in [-0.25, -0.2) is 0 Å². The van der Waals surface area contributed by atoms with E-state index in [-0.39, 0.29) is 5.91 Å². The Morgan fingerprint density at radius 2 is 1.83 bits per heavy atom. The second-order valence-corrected chi connectivity index (χ2v) is 10.3. The minimum Gasteiger partial charge on any atom is -0.335 e. The molecule has 0 aliphatic carbocycles. The molecule has 3 rings (SSSR count). The number of allylic oxidation sites excluding steroid dienone is 2. The Morgan fingerprint density at radius 1 is 1.07 bits per heavy atom. The molecule has 3 nitrogen and oxygen atoms in total. The number of benzene rings is 1. The van der Waals surface area contributed by atoms with Gasteiger partial charge in [0.05, 0.1) is 15.6 Å². The second kappa shape index (κ2) is 11.2. The highest BCUT2D eigenvalue weighted by molar-refractivity contribution is 8.26. The van der Waals surface area contributed by atoms with Crippen LogP contribution in [0.5, 0.6) is 0 Å². The highest BCUT2D eigenvalue weighted by Gasteiger charge is 2.31. The fraction of sp³-hybridized carbons (Fsp3) is 0.417. The molecule has 30 heavy (non-hydrogen) atoms. The number of carbonyl (C=O) groups excluding carboxylic acids is 1. The van der Waals surface area contributed by atoms with Crippen molar-refractivity contribution in [3.63, 3.8) is 0 Å². The molecule has 1 aromatic carbocycles. The minimum absolute atomic E-state index is 0.0272. The fourth-order valence-corrected chi connectivity index (χ4v) is 5.97. The van der Waals surface area contributed by atoms with E-state index in [4.69, 9.17) is 12.2 Å². The molecule has 0 atom stereocenters. The summed E-state index contributed by atoms with van der Waals surface area (Å²) in [5, 5.41) is 1.18. The summed E-state index contributed by atoms with van der Waals surface area (Å²) in [6.07, 6.45) is 13.4. The molecule has 1 fully saturated rings. The molecular formula is C24H30N2OS3. The molecule has 0 spiro atoms. The largest absolute Gasteiger partial charge is 0.335 e. The molecule has 0 aromatic heterocycles. The molecule has 0 bridgehead atoms. The van der Waals surface area contributed by atoms with Crippen LogP contribution in [0, 0.1) is 6.92 Å². The van der Waals surface area contributed by atoms with Crippen molar-refractivity contribution >= 4 is 51.7 Å². The first kappa shape index (κ1) is 23.2. The Balaban J connectivity index is 1.74. The molecule has 1 saturated heterocycles. The monoisotopic (exact) mass is 458 g/mol. The lowest BCUT2D eigenvalue weighted by Crippen LogP contribution is -2.27.